The molecule has 2 rings (SSSR count). The number of benzene rings is 2. The third-order valence-electron chi connectivity index (χ3n) is 4.25. The van der Waals surface area contributed by atoms with Crippen LogP contribution in [0.25, 0.3) is 0 Å². The lowest BCUT2D eigenvalue weighted by Gasteiger charge is -2.15. The van der Waals surface area contributed by atoms with Crippen LogP contribution < -0.4 is 32.3 Å². The smallest absolute Gasteiger partial charge is 0.326 e. The van der Waals surface area contributed by atoms with E-state index in [1.165, 1.54) is 24.3 Å². The molecule has 0 saturated carbocycles. The number of rotatable bonds is 10. The predicted octanol–water partition coefficient (Wildman–Crippen LogP) is -4.29. The maximum absolute atomic E-state index is 12.3. The van der Waals surface area contributed by atoms with E-state index < -0.39 is 34.5 Å². The Bertz CT molecular complexity index is 1110. The molecule has 0 aliphatic heterocycles. The lowest BCUT2D eigenvalue weighted by Crippen LogP contribution is -2.47. The third-order valence-corrected chi connectivity index (χ3v) is 5.67. The van der Waals surface area contributed by atoms with E-state index in [-0.39, 0.29) is 23.0 Å². The van der Waals surface area contributed by atoms with Crippen molar-refractivity contribution in [1.29, 1.82) is 0 Å². The summed E-state index contributed by atoms with van der Waals surface area (Å²) in [6.07, 6.45) is -0.0482. The zero-order chi connectivity index (χ0) is 23.2. The van der Waals surface area contributed by atoms with Crippen LogP contribution in [0.4, 0.5) is 0 Å². The Kier molecular flexibility index (Phi) is 7.45. The van der Waals surface area contributed by atoms with Gasteiger partial charge in [0.2, 0.25) is 15.9 Å². The van der Waals surface area contributed by atoms with Gasteiger partial charge in [-0.25, -0.2) is 17.9 Å². The summed E-state index contributed by atoms with van der Waals surface area (Å²) in [6, 6.07) is 10.7. The number of carbonyl (C=O) groups is 2. The minimum atomic E-state index is -4.01. The van der Waals surface area contributed by atoms with E-state index in [9.17, 15) is 23.1 Å². The second kappa shape index (κ2) is 9.82. The predicted molar refractivity (Wildman–Crippen MR) is 112 cm³/mol. The molecule has 0 heterocycles. The summed E-state index contributed by atoms with van der Waals surface area (Å²) in [5.74, 6) is -1.98. The number of carbonyl (C=O) groups excluding carboxylic acids is 1. The van der Waals surface area contributed by atoms with Crippen molar-refractivity contribution >= 4 is 33.6 Å². The molecule has 0 spiro atoms. The Morgan fingerprint density at radius 2 is 1.61 bits per heavy atom. The fourth-order valence-corrected chi connectivity index (χ4v) is 3.61. The molecular weight excluding hydrogens is 424 g/mol. The number of amides is 1. The van der Waals surface area contributed by atoms with Gasteiger partial charge < -0.3 is 10.4 Å². The number of nitrogens with two attached hydrogens (primary N) is 4. The monoisotopic (exact) mass is 448 g/mol. The van der Waals surface area contributed by atoms with Crippen molar-refractivity contribution in [3.05, 3.63) is 65.2 Å². The number of carboxylic acid groups (broad SMARTS) is 1. The quantitative estimate of drug-likeness (QED) is 0.140. The van der Waals surface area contributed by atoms with Gasteiger partial charge in [0, 0.05) is 6.42 Å². The number of aliphatic carboxylic acids is 1. The molecule has 0 fully saturated rings. The molecule has 1 atom stereocenters. The van der Waals surface area contributed by atoms with Crippen molar-refractivity contribution in [3.8, 4) is 0 Å². The number of sulfonamides is 1. The molecule has 0 aromatic heterocycles. The van der Waals surface area contributed by atoms with E-state index in [1.807, 2.05) is 0 Å². The second-order valence-corrected chi connectivity index (χ2v) is 8.39. The van der Waals surface area contributed by atoms with Crippen molar-refractivity contribution in [3.63, 3.8) is 0 Å². The molecule has 12 heteroatoms. The van der Waals surface area contributed by atoms with Crippen molar-refractivity contribution in [1.82, 2.24) is 10.0 Å². The molecule has 2 aromatic carbocycles. The fraction of sp³-hybridized carbons (Fsp3) is 0.158. The summed E-state index contributed by atoms with van der Waals surface area (Å²) in [7, 11) is -4.01. The van der Waals surface area contributed by atoms with Crippen LogP contribution in [0.3, 0.4) is 0 Å². The maximum Gasteiger partial charge on any atom is 0.326 e. The van der Waals surface area contributed by atoms with Crippen molar-refractivity contribution < 1.29 is 33.9 Å². The van der Waals surface area contributed by atoms with Crippen LogP contribution in [-0.2, 0) is 26.0 Å². The van der Waals surface area contributed by atoms with Crippen molar-refractivity contribution in [2.75, 3.05) is 6.54 Å². The van der Waals surface area contributed by atoms with Gasteiger partial charge >= 0.3 is 5.97 Å². The molecule has 1 unspecified atom stereocenters. The van der Waals surface area contributed by atoms with Gasteiger partial charge in [-0.1, -0.05) is 12.1 Å². The fourth-order valence-electron chi connectivity index (χ4n) is 2.63. The first-order valence-electron chi connectivity index (χ1n) is 8.97. The highest BCUT2D eigenvalue weighted by Crippen LogP contribution is 2.10. The summed E-state index contributed by atoms with van der Waals surface area (Å²) >= 11 is 0. The van der Waals surface area contributed by atoms with Crippen LogP contribution in [0.5, 0.6) is 0 Å². The highest BCUT2D eigenvalue weighted by molar-refractivity contribution is 7.89. The SMILES string of the molecule is NC(=[NH2+])c1ccc(S(=O)(=O)NCC(=O)NC(Cc2cccc(C(N)=[NH2+])c2)C(=O)O)cc1. The Labute approximate surface area is 178 Å². The Balaban J connectivity index is 2.01. The number of carboxylic acids is 1. The number of hydrogen-bond acceptors (Lipinski definition) is 4. The van der Waals surface area contributed by atoms with Crippen LogP contribution in [0.1, 0.15) is 16.7 Å². The lowest BCUT2D eigenvalue weighted by molar-refractivity contribution is -0.141. The average molecular weight is 449 g/mol. The second-order valence-electron chi connectivity index (χ2n) is 6.62. The first kappa shape index (κ1) is 23.5. The van der Waals surface area contributed by atoms with Crippen LogP contribution >= 0.6 is 0 Å². The molecule has 0 saturated heterocycles. The summed E-state index contributed by atoms with van der Waals surface area (Å²) in [6.45, 7) is -0.650. The van der Waals surface area contributed by atoms with Crippen LogP contribution in [0, 0.1) is 0 Å². The first-order chi connectivity index (χ1) is 14.5. The molecule has 1 amide bonds. The van der Waals surface area contributed by atoms with Crippen LogP contribution in [0.2, 0.25) is 0 Å². The summed E-state index contributed by atoms with van der Waals surface area (Å²) in [4.78, 5) is 23.6. The van der Waals surface area contributed by atoms with Gasteiger partial charge in [-0.2, -0.15) is 0 Å². The van der Waals surface area contributed by atoms with E-state index in [2.05, 4.69) is 10.0 Å². The lowest BCUT2D eigenvalue weighted by atomic mass is 10.0. The topological polar surface area (TPSA) is 216 Å². The minimum Gasteiger partial charge on any atom is -0.480 e. The highest BCUT2D eigenvalue weighted by Gasteiger charge is 2.22. The number of nitrogens with one attached hydrogen (secondary N) is 2. The minimum absolute atomic E-state index is 0.0357. The van der Waals surface area contributed by atoms with E-state index in [0.717, 1.165) is 0 Å². The highest BCUT2D eigenvalue weighted by atomic mass is 32.2. The Morgan fingerprint density at radius 1 is 1.00 bits per heavy atom. The summed E-state index contributed by atoms with van der Waals surface area (Å²) in [5.41, 5.74) is 12.5. The number of hydrogen-bond donors (Lipinski definition) is 7. The van der Waals surface area contributed by atoms with E-state index in [0.29, 0.717) is 16.7 Å². The first-order valence-corrected chi connectivity index (χ1v) is 10.5. The molecule has 164 valence electrons. The standard InChI is InChI=1S/C19H22N6O5S/c20-17(21)12-4-6-14(7-5-12)31(29,30)24-10-16(26)25-15(19(27)28)9-11-2-1-3-13(8-11)18(22)23/h1-8,15,24H,9-10H2,(H3,20,21)(H3,22,23)(H,25,26)(H,27,28)/p+2. The van der Waals surface area contributed by atoms with Gasteiger partial charge in [0.15, 0.2) is 0 Å². The van der Waals surface area contributed by atoms with Crippen LogP contribution in [0.15, 0.2) is 53.4 Å². The van der Waals surface area contributed by atoms with Crippen molar-refractivity contribution in [2.45, 2.75) is 17.4 Å². The zero-order valence-corrected chi connectivity index (χ0v) is 17.2. The molecule has 2 aromatic rings. The number of amidine groups is 2. The summed E-state index contributed by atoms with van der Waals surface area (Å²) in [5, 5.41) is 22.7. The van der Waals surface area contributed by atoms with Gasteiger partial charge in [-0.15, -0.1) is 0 Å². The zero-order valence-electron chi connectivity index (χ0n) is 16.4. The summed E-state index contributed by atoms with van der Waals surface area (Å²) < 4.78 is 26.8. The van der Waals surface area contributed by atoms with E-state index in [1.54, 1.807) is 24.3 Å². The Morgan fingerprint density at radius 3 is 2.16 bits per heavy atom. The van der Waals surface area contributed by atoms with E-state index in [4.69, 9.17) is 22.3 Å². The average Bonchev–Trinajstić information content (AvgIpc) is 2.72. The van der Waals surface area contributed by atoms with Gasteiger partial charge in [0.1, 0.15) is 6.04 Å². The van der Waals surface area contributed by atoms with Crippen LogP contribution in [-0.4, -0.2) is 49.7 Å². The van der Waals surface area contributed by atoms with Gasteiger partial charge in [0.25, 0.3) is 11.7 Å². The normalized spacial score (nSPS) is 12.0. The molecule has 0 bridgehead atoms. The van der Waals surface area contributed by atoms with Gasteiger partial charge in [-0.05, 0) is 42.0 Å². The largest absolute Gasteiger partial charge is 0.480 e. The molecule has 0 radical (unpaired) electrons. The molecule has 0 aliphatic carbocycles. The van der Waals surface area contributed by atoms with Crippen molar-refractivity contribution in [2.24, 2.45) is 11.5 Å². The maximum atomic E-state index is 12.3. The Hall–Kier alpha value is -3.77. The molecular formula is C19H24N6O5S+2. The molecule has 11 nitrogen and oxygen atoms in total. The molecule has 0 aliphatic rings. The molecule has 11 N–H and O–H groups in total. The van der Waals surface area contributed by atoms with E-state index >= 15 is 0 Å². The third kappa shape index (κ3) is 6.62. The van der Waals surface area contributed by atoms with Gasteiger partial charge in [0.05, 0.1) is 22.6 Å². The van der Waals surface area contributed by atoms with Gasteiger partial charge in [-0.3, -0.25) is 27.1 Å². The molecule has 31 heavy (non-hydrogen) atoms.